The Labute approximate surface area is 107 Å². The molecule has 5 heteroatoms. The number of oxime groups is 1. The Hall–Kier alpha value is -1.26. The Morgan fingerprint density at radius 3 is 2.76 bits per heavy atom. The van der Waals surface area contributed by atoms with Crippen molar-refractivity contribution < 1.29 is 5.21 Å². The van der Waals surface area contributed by atoms with Gasteiger partial charge in [-0.3, -0.25) is 4.90 Å². The van der Waals surface area contributed by atoms with Gasteiger partial charge < -0.3 is 10.9 Å². The topological polar surface area (TPSA) is 61.8 Å². The van der Waals surface area contributed by atoms with E-state index in [0.29, 0.717) is 6.54 Å². The molecule has 0 bridgehead atoms. The zero-order chi connectivity index (χ0) is 13.0. The summed E-state index contributed by atoms with van der Waals surface area (Å²) in [6, 6.07) is 5.80. The monoisotopic (exact) mass is 255 g/mol. The Morgan fingerprint density at radius 1 is 1.59 bits per heavy atom. The van der Waals surface area contributed by atoms with Crippen molar-refractivity contribution in [2.24, 2.45) is 10.9 Å². The van der Waals surface area contributed by atoms with Crippen LogP contribution >= 0.6 is 11.6 Å². The molecule has 1 aromatic carbocycles. The van der Waals surface area contributed by atoms with Crippen molar-refractivity contribution in [1.82, 2.24) is 4.90 Å². The van der Waals surface area contributed by atoms with E-state index in [1.54, 1.807) is 0 Å². The number of nitrogens with zero attached hydrogens (tertiary/aromatic N) is 2. The first-order valence-electron chi connectivity index (χ1n) is 5.38. The standard InChI is InChI=1S/C12H18ClN3O/c1-8-4-5-10(11(13)6-8)7-16(3)9(2)12(14)15-17/h4-6,9,17H,7H2,1-3H3,(H2,14,15). The second-order valence-electron chi connectivity index (χ2n) is 4.21. The van der Waals surface area contributed by atoms with E-state index in [-0.39, 0.29) is 11.9 Å². The Morgan fingerprint density at radius 2 is 2.24 bits per heavy atom. The predicted octanol–water partition coefficient (Wildman–Crippen LogP) is 2.22. The van der Waals surface area contributed by atoms with Crippen molar-refractivity contribution in [3.05, 3.63) is 34.3 Å². The molecule has 0 heterocycles. The molecule has 17 heavy (non-hydrogen) atoms. The predicted molar refractivity (Wildman–Crippen MR) is 70.5 cm³/mol. The molecule has 0 saturated heterocycles. The summed E-state index contributed by atoms with van der Waals surface area (Å²) in [7, 11) is 1.90. The third kappa shape index (κ3) is 3.61. The van der Waals surface area contributed by atoms with E-state index < -0.39 is 0 Å². The molecular weight excluding hydrogens is 238 g/mol. The maximum absolute atomic E-state index is 8.62. The van der Waals surface area contributed by atoms with Crippen LogP contribution in [0, 0.1) is 6.92 Å². The smallest absolute Gasteiger partial charge is 0.156 e. The lowest BCUT2D eigenvalue weighted by molar-refractivity contribution is 0.279. The number of hydrogen-bond acceptors (Lipinski definition) is 3. The number of rotatable bonds is 4. The molecule has 0 aliphatic heterocycles. The van der Waals surface area contributed by atoms with Crippen molar-refractivity contribution >= 4 is 17.4 Å². The van der Waals surface area contributed by atoms with Crippen LogP contribution in [-0.4, -0.2) is 29.0 Å². The first-order chi connectivity index (χ1) is 7.95. The number of hydrogen-bond donors (Lipinski definition) is 2. The molecule has 1 rings (SSSR count). The summed E-state index contributed by atoms with van der Waals surface area (Å²) in [4.78, 5) is 1.96. The Kier molecular flexibility index (Phi) is 4.78. The van der Waals surface area contributed by atoms with E-state index in [4.69, 9.17) is 22.5 Å². The van der Waals surface area contributed by atoms with E-state index >= 15 is 0 Å². The molecule has 0 aliphatic carbocycles. The van der Waals surface area contributed by atoms with Crippen LogP contribution in [0.3, 0.4) is 0 Å². The number of halogens is 1. The molecule has 1 atom stereocenters. The molecule has 94 valence electrons. The van der Waals surface area contributed by atoms with Gasteiger partial charge in [0.2, 0.25) is 0 Å². The van der Waals surface area contributed by atoms with Gasteiger partial charge in [0.15, 0.2) is 5.84 Å². The van der Waals surface area contributed by atoms with Crippen LogP contribution in [0.15, 0.2) is 23.4 Å². The molecule has 0 saturated carbocycles. The molecule has 0 fully saturated rings. The summed E-state index contributed by atoms with van der Waals surface area (Å²) >= 11 is 6.15. The van der Waals surface area contributed by atoms with Gasteiger partial charge in [0.25, 0.3) is 0 Å². The third-order valence-electron chi connectivity index (χ3n) is 2.83. The molecule has 0 amide bonds. The van der Waals surface area contributed by atoms with Crippen molar-refractivity contribution in [2.75, 3.05) is 7.05 Å². The van der Waals surface area contributed by atoms with E-state index in [1.807, 2.05) is 44.0 Å². The maximum Gasteiger partial charge on any atom is 0.156 e. The summed E-state index contributed by atoms with van der Waals surface area (Å²) in [5, 5.41) is 12.4. The number of aryl methyl sites for hydroxylation is 1. The maximum atomic E-state index is 8.62. The highest BCUT2D eigenvalue weighted by Gasteiger charge is 2.15. The van der Waals surface area contributed by atoms with Crippen molar-refractivity contribution in [2.45, 2.75) is 26.4 Å². The molecule has 0 aliphatic rings. The zero-order valence-corrected chi connectivity index (χ0v) is 11.1. The molecule has 0 radical (unpaired) electrons. The molecule has 1 unspecified atom stereocenters. The fourth-order valence-corrected chi connectivity index (χ4v) is 1.79. The quantitative estimate of drug-likeness (QED) is 0.375. The van der Waals surface area contributed by atoms with Gasteiger partial charge in [-0.05, 0) is 38.1 Å². The highest BCUT2D eigenvalue weighted by atomic mass is 35.5. The van der Waals surface area contributed by atoms with E-state index in [1.165, 1.54) is 0 Å². The van der Waals surface area contributed by atoms with E-state index in [0.717, 1.165) is 16.1 Å². The van der Waals surface area contributed by atoms with Crippen LogP contribution < -0.4 is 5.73 Å². The molecule has 3 N–H and O–H groups in total. The highest BCUT2D eigenvalue weighted by Crippen LogP contribution is 2.19. The fourth-order valence-electron chi connectivity index (χ4n) is 1.50. The highest BCUT2D eigenvalue weighted by molar-refractivity contribution is 6.31. The minimum Gasteiger partial charge on any atom is -0.409 e. The Balaban J connectivity index is 2.77. The van der Waals surface area contributed by atoms with Gasteiger partial charge in [0.05, 0.1) is 6.04 Å². The molecule has 0 spiro atoms. The van der Waals surface area contributed by atoms with Crippen LogP contribution in [0.1, 0.15) is 18.1 Å². The average molecular weight is 256 g/mol. The lowest BCUT2D eigenvalue weighted by Crippen LogP contribution is -2.40. The van der Waals surface area contributed by atoms with Crippen LogP contribution in [0.5, 0.6) is 0 Å². The van der Waals surface area contributed by atoms with Gasteiger partial charge in [-0.2, -0.15) is 0 Å². The van der Waals surface area contributed by atoms with Gasteiger partial charge in [0, 0.05) is 11.6 Å². The second-order valence-corrected chi connectivity index (χ2v) is 4.62. The number of nitrogens with two attached hydrogens (primary N) is 1. The van der Waals surface area contributed by atoms with Gasteiger partial charge in [-0.25, -0.2) is 0 Å². The minimum atomic E-state index is -0.141. The lowest BCUT2D eigenvalue weighted by Gasteiger charge is -2.23. The van der Waals surface area contributed by atoms with Crippen molar-refractivity contribution in [3.63, 3.8) is 0 Å². The largest absolute Gasteiger partial charge is 0.409 e. The van der Waals surface area contributed by atoms with Crippen molar-refractivity contribution in [3.8, 4) is 0 Å². The first-order valence-corrected chi connectivity index (χ1v) is 5.76. The van der Waals surface area contributed by atoms with E-state index in [2.05, 4.69) is 5.16 Å². The fraction of sp³-hybridized carbons (Fsp3) is 0.417. The van der Waals surface area contributed by atoms with E-state index in [9.17, 15) is 0 Å². The normalized spacial score (nSPS) is 14.1. The lowest BCUT2D eigenvalue weighted by atomic mass is 10.1. The molecular formula is C12H18ClN3O. The van der Waals surface area contributed by atoms with Crippen LogP contribution in [0.2, 0.25) is 5.02 Å². The molecule has 0 aromatic heterocycles. The van der Waals surface area contributed by atoms with Crippen molar-refractivity contribution in [1.29, 1.82) is 0 Å². The van der Waals surface area contributed by atoms with Gasteiger partial charge in [-0.1, -0.05) is 28.9 Å². The summed E-state index contributed by atoms with van der Waals surface area (Å²) in [6.45, 7) is 4.52. The summed E-state index contributed by atoms with van der Waals surface area (Å²) in [5.41, 5.74) is 7.71. The Bertz CT molecular complexity index is 420. The molecule has 4 nitrogen and oxygen atoms in total. The number of benzene rings is 1. The molecule has 1 aromatic rings. The summed E-state index contributed by atoms with van der Waals surface area (Å²) in [6.07, 6.45) is 0. The van der Waals surface area contributed by atoms with Crippen LogP contribution in [0.25, 0.3) is 0 Å². The third-order valence-corrected chi connectivity index (χ3v) is 3.18. The van der Waals surface area contributed by atoms with Gasteiger partial charge >= 0.3 is 0 Å². The number of amidine groups is 1. The number of likely N-dealkylation sites (N-methyl/N-ethyl adjacent to an activating group) is 1. The minimum absolute atomic E-state index is 0.141. The van der Waals surface area contributed by atoms with Gasteiger partial charge in [0.1, 0.15) is 0 Å². The SMILES string of the molecule is Cc1ccc(CN(C)C(C)/C(N)=N/O)c(Cl)c1. The second kappa shape index (κ2) is 5.89. The summed E-state index contributed by atoms with van der Waals surface area (Å²) in [5.74, 6) is 0.190. The first kappa shape index (κ1) is 13.8. The zero-order valence-electron chi connectivity index (χ0n) is 10.3. The van der Waals surface area contributed by atoms with Crippen LogP contribution in [0.4, 0.5) is 0 Å². The van der Waals surface area contributed by atoms with Gasteiger partial charge in [-0.15, -0.1) is 0 Å². The van der Waals surface area contributed by atoms with Crippen LogP contribution in [-0.2, 0) is 6.54 Å². The average Bonchev–Trinajstić information content (AvgIpc) is 2.30. The summed E-state index contributed by atoms with van der Waals surface area (Å²) < 4.78 is 0.